The van der Waals surface area contributed by atoms with Gasteiger partial charge in [0.05, 0.1) is 0 Å². The molecule has 2 amide bonds. The molecule has 0 aliphatic heterocycles. The molecule has 0 saturated heterocycles. The minimum Gasteiger partial charge on any atom is -0.444 e. The van der Waals surface area contributed by atoms with Crippen LogP contribution < -0.4 is 10.9 Å². The standard InChI is InChI=1S/C18H26F3N3O4/c1-12(10-23(5)16(27)28-17(2,3)4)9-22-14(25)11-24-8-6-7-13(15(24)26)18(19,20)21/h6-8,12H,9-11H2,1-5H3,(H,22,25). The van der Waals surface area contributed by atoms with E-state index >= 15 is 0 Å². The van der Waals surface area contributed by atoms with Crippen molar-refractivity contribution in [2.24, 2.45) is 5.92 Å². The first-order valence-corrected chi connectivity index (χ1v) is 8.68. The highest BCUT2D eigenvalue weighted by Gasteiger charge is 2.34. The SMILES string of the molecule is CC(CNC(=O)Cn1cccc(C(F)(F)F)c1=O)CN(C)C(=O)OC(C)(C)C. The molecule has 158 valence electrons. The largest absolute Gasteiger partial charge is 0.444 e. The van der Waals surface area contributed by atoms with Gasteiger partial charge < -0.3 is 19.5 Å². The Morgan fingerprint density at radius 3 is 2.43 bits per heavy atom. The van der Waals surface area contributed by atoms with Gasteiger partial charge in [0.25, 0.3) is 5.56 Å². The van der Waals surface area contributed by atoms with E-state index in [4.69, 9.17) is 4.74 Å². The summed E-state index contributed by atoms with van der Waals surface area (Å²) in [6.45, 7) is 6.99. The van der Waals surface area contributed by atoms with Gasteiger partial charge in [0.1, 0.15) is 17.7 Å². The fourth-order valence-electron chi connectivity index (χ4n) is 2.32. The third-order valence-electron chi connectivity index (χ3n) is 3.58. The minimum atomic E-state index is -4.78. The molecule has 0 aliphatic rings. The summed E-state index contributed by atoms with van der Waals surface area (Å²) in [6, 6.07) is 1.74. The van der Waals surface area contributed by atoms with E-state index in [0.29, 0.717) is 17.2 Å². The number of hydrogen-bond acceptors (Lipinski definition) is 4. The second-order valence-corrected chi connectivity index (χ2v) is 7.62. The van der Waals surface area contributed by atoms with Crippen LogP contribution in [0.25, 0.3) is 0 Å². The molecule has 0 fully saturated rings. The zero-order chi connectivity index (χ0) is 21.7. The van der Waals surface area contributed by atoms with Crippen LogP contribution in [-0.4, -0.2) is 47.2 Å². The Balaban J connectivity index is 2.57. The molecule has 1 aromatic rings. The number of hydrogen-bond donors (Lipinski definition) is 1. The Labute approximate surface area is 161 Å². The van der Waals surface area contributed by atoms with Gasteiger partial charge in [0.2, 0.25) is 5.91 Å². The molecule has 0 saturated carbocycles. The third kappa shape index (κ3) is 7.61. The highest BCUT2D eigenvalue weighted by atomic mass is 19.4. The number of pyridine rings is 1. The molecule has 1 rings (SSSR count). The maximum Gasteiger partial charge on any atom is 0.421 e. The van der Waals surface area contributed by atoms with Gasteiger partial charge in [-0.1, -0.05) is 6.92 Å². The summed E-state index contributed by atoms with van der Waals surface area (Å²) >= 11 is 0. The van der Waals surface area contributed by atoms with Crippen molar-refractivity contribution < 1.29 is 27.5 Å². The summed E-state index contributed by atoms with van der Waals surface area (Å²) in [5, 5.41) is 2.55. The van der Waals surface area contributed by atoms with Gasteiger partial charge in [-0.2, -0.15) is 13.2 Å². The number of amides is 2. The van der Waals surface area contributed by atoms with Crippen molar-refractivity contribution in [3.63, 3.8) is 0 Å². The number of halogens is 3. The summed E-state index contributed by atoms with van der Waals surface area (Å²) in [7, 11) is 1.56. The molecular formula is C18H26F3N3O4. The van der Waals surface area contributed by atoms with Crippen LogP contribution in [-0.2, 0) is 22.3 Å². The number of carbonyl (C=O) groups is 2. The summed E-state index contributed by atoms with van der Waals surface area (Å²) in [5.41, 5.74) is -3.22. The Morgan fingerprint density at radius 2 is 1.89 bits per heavy atom. The number of alkyl halides is 3. The number of ether oxygens (including phenoxy) is 1. The van der Waals surface area contributed by atoms with E-state index < -0.39 is 41.4 Å². The van der Waals surface area contributed by atoms with Crippen molar-refractivity contribution >= 4 is 12.0 Å². The molecule has 0 spiro atoms. The Bertz CT molecular complexity index is 754. The number of aromatic nitrogens is 1. The number of nitrogens with zero attached hydrogens (tertiary/aromatic N) is 2. The Morgan fingerprint density at radius 1 is 1.29 bits per heavy atom. The second kappa shape index (κ2) is 9.11. The molecule has 7 nitrogen and oxygen atoms in total. The molecule has 1 atom stereocenters. The first kappa shape index (κ1) is 23.5. The lowest BCUT2D eigenvalue weighted by molar-refractivity contribution is -0.139. The fourth-order valence-corrected chi connectivity index (χ4v) is 2.32. The van der Waals surface area contributed by atoms with Gasteiger partial charge in [-0.15, -0.1) is 0 Å². The predicted octanol–water partition coefficient (Wildman–Crippen LogP) is 2.49. The average Bonchev–Trinajstić information content (AvgIpc) is 2.52. The van der Waals surface area contributed by atoms with Gasteiger partial charge >= 0.3 is 12.3 Å². The molecule has 0 aliphatic carbocycles. The van der Waals surface area contributed by atoms with Crippen molar-refractivity contribution in [1.82, 2.24) is 14.8 Å². The van der Waals surface area contributed by atoms with E-state index in [-0.39, 0.29) is 12.5 Å². The first-order chi connectivity index (χ1) is 12.7. The van der Waals surface area contributed by atoms with Gasteiger partial charge in [0.15, 0.2) is 0 Å². The summed E-state index contributed by atoms with van der Waals surface area (Å²) in [4.78, 5) is 37.1. The molecule has 1 heterocycles. The van der Waals surface area contributed by atoms with Crippen molar-refractivity contribution in [2.75, 3.05) is 20.1 Å². The van der Waals surface area contributed by atoms with Gasteiger partial charge in [-0.25, -0.2) is 4.79 Å². The smallest absolute Gasteiger partial charge is 0.421 e. The van der Waals surface area contributed by atoms with Crippen LogP contribution in [0.15, 0.2) is 23.1 Å². The van der Waals surface area contributed by atoms with E-state index in [1.54, 1.807) is 34.7 Å². The molecular weight excluding hydrogens is 379 g/mol. The lowest BCUT2D eigenvalue weighted by atomic mass is 10.1. The number of carbonyl (C=O) groups excluding carboxylic acids is 2. The van der Waals surface area contributed by atoms with Crippen LogP contribution in [0.5, 0.6) is 0 Å². The zero-order valence-electron chi connectivity index (χ0n) is 16.6. The monoisotopic (exact) mass is 405 g/mol. The Hall–Kier alpha value is -2.52. The third-order valence-corrected chi connectivity index (χ3v) is 3.58. The van der Waals surface area contributed by atoms with E-state index in [1.165, 1.54) is 4.90 Å². The zero-order valence-corrected chi connectivity index (χ0v) is 16.6. The van der Waals surface area contributed by atoms with Crippen molar-refractivity contribution in [2.45, 2.75) is 46.0 Å². The number of rotatable bonds is 6. The molecule has 0 aromatic carbocycles. The first-order valence-electron chi connectivity index (χ1n) is 8.68. The maximum absolute atomic E-state index is 12.8. The molecule has 0 bridgehead atoms. The van der Waals surface area contributed by atoms with Crippen molar-refractivity contribution in [1.29, 1.82) is 0 Å². The normalized spacial score (nSPS) is 13.0. The highest BCUT2D eigenvalue weighted by molar-refractivity contribution is 5.75. The average molecular weight is 405 g/mol. The summed E-state index contributed by atoms with van der Waals surface area (Å²) < 4.78 is 44.2. The van der Waals surface area contributed by atoms with Crippen LogP contribution in [0.3, 0.4) is 0 Å². The molecule has 10 heteroatoms. The molecule has 0 radical (unpaired) electrons. The molecule has 1 N–H and O–H groups in total. The molecule has 1 aromatic heterocycles. The van der Waals surface area contributed by atoms with Gasteiger partial charge in [-0.05, 0) is 38.8 Å². The van der Waals surface area contributed by atoms with Crippen LogP contribution in [0.4, 0.5) is 18.0 Å². The predicted molar refractivity (Wildman–Crippen MR) is 96.7 cm³/mol. The summed E-state index contributed by atoms with van der Waals surface area (Å²) in [6.07, 6.45) is -4.16. The molecule has 1 unspecified atom stereocenters. The number of nitrogens with one attached hydrogen (secondary N) is 1. The second-order valence-electron chi connectivity index (χ2n) is 7.62. The summed E-state index contributed by atoms with van der Waals surface area (Å²) in [5.74, 6) is -0.743. The van der Waals surface area contributed by atoms with E-state index in [1.807, 2.05) is 0 Å². The van der Waals surface area contributed by atoms with E-state index in [9.17, 15) is 27.6 Å². The highest BCUT2D eigenvalue weighted by Crippen LogP contribution is 2.25. The maximum atomic E-state index is 12.8. The van der Waals surface area contributed by atoms with Crippen LogP contribution in [0.2, 0.25) is 0 Å². The Kier molecular flexibility index (Phi) is 7.66. The quantitative estimate of drug-likeness (QED) is 0.789. The topological polar surface area (TPSA) is 80.6 Å². The lowest BCUT2D eigenvalue weighted by Gasteiger charge is -2.26. The van der Waals surface area contributed by atoms with E-state index in [0.717, 1.165) is 12.3 Å². The van der Waals surface area contributed by atoms with Crippen LogP contribution >= 0.6 is 0 Å². The van der Waals surface area contributed by atoms with E-state index in [2.05, 4.69) is 5.32 Å². The van der Waals surface area contributed by atoms with Crippen molar-refractivity contribution in [3.8, 4) is 0 Å². The van der Waals surface area contributed by atoms with Crippen molar-refractivity contribution in [3.05, 3.63) is 34.2 Å². The van der Waals surface area contributed by atoms with Gasteiger partial charge in [0, 0.05) is 26.3 Å². The minimum absolute atomic E-state index is 0.139. The lowest BCUT2D eigenvalue weighted by Crippen LogP contribution is -2.40. The van der Waals surface area contributed by atoms with Crippen LogP contribution in [0.1, 0.15) is 33.3 Å². The van der Waals surface area contributed by atoms with Crippen LogP contribution in [0, 0.1) is 5.92 Å². The fraction of sp³-hybridized carbons (Fsp3) is 0.611. The molecule has 28 heavy (non-hydrogen) atoms. The van der Waals surface area contributed by atoms with Gasteiger partial charge in [-0.3, -0.25) is 9.59 Å².